The molecule has 1 aromatic rings. The number of aromatic nitrogens is 1. The van der Waals surface area contributed by atoms with Gasteiger partial charge in [-0.3, -0.25) is 0 Å². The van der Waals surface area contributed by atoms with Gasteiger partial charge in [-0.25, -0.2) is 9.78 Å². The first-order valence-corrected chi connectivity index (χ1v) is 6.49. The molecule has 0 saturated carbocycles. The maximum atomic E-state index is 11.6. The number of nitrogens with one attached hydrogen (secondary N) is 1. The lowest BCUT2D eigenvalue weighted by Crippen LogP contribution is -2.39. The Morgan fingerprint density at radius 2 is 2.12 bits per heavy atom. The summed E-state index contributed by atoms with van der Waals surface area (Å²) < 4.78 is 0. The molecule has 2 amide bonds. The summed E-state index contributed by atoms with van der Waals surface area (Å²) in [5.74, 6) is 0. The summed E-state index contributed by atoms with van der Waals surface area (Å²) in [6.45, 7) is 8.05. The molecular weight excluding hydrogens is 222 g/mol. The quantitative estimate of drug-likeness (QED) is 0.859. The van der Waals surface area contributed by atoms with Gasteiger partial charge in [0.1, 0.15) is 5.01 Å². The van der Waals surface area contributed by atoms with Crippen LogP contribution in [0.4, 0.5) is 4.79 Å². The maximum Gasteiger partial charge on any atom is 0.317 e. The number of nitrogens with zero attached hydrogens (tertiary/aromatic N) is 2. The second kappa shape index (κ2) is 6.48. The SMILES string of the molecule is CCc1cnc(CNC(=O)N(CC)CC)s1. The van der Waals surface area contributed by atoms with Gasteiger partial charge in [-0.2, -0.15) is 0 Å². The minimum absolute atomic E-state index is 0.0155. The number of amides is 2. The third-order valence-corrected chi connectivity index (χ3v) is 3.53. The molecule has 1 aromatic heterocycles. The topological polar surface area (TPSA) is 45.2 Å². The van der Waals surface area contributed by atoms with Crippen LogP contribution in [-0.2, 0) is 13.0 Å². The maximum absolute atomic E-state index is 11.6. The molecule has 16 heavy (non-hydrogen) atoms. The Balaban J connectivity index is 2.41. The van der Waals surface area contributed by atoms with Crippen molar-refractivity contribution < 1.29 is 4.79 Å². The van der Waals surface area contributed by atoms with E-state index in [1.165, 1.54) is 4.88 Å². The molecule has 0 atom stereocenters. The largest absolute Gasteiger partial charge is 0.331 e. The number of hydrogen-bond acceptors (Lipinski definition) is 3. The lowest BCUT2D eigenvalue weighted by Gasteiger charge is -2.18. The molecule has 0 bridgehead atoms. The first-order chi connectivity index (χ1) is 7.71. The number of thiazole rings is 1. The normalized spacial score (nSPS) is 10.2. The highest BCUT2D eigenvalue weighted by molar-refractivity contribution is 7.11. The lowest BCUT2D eigenvalue weighted by molar-refractivity contribution is 0.203. The predicted molar refractivity (Wildman–Crippen MR) is 66.6 cm³/mol. The van der Waals surface area contributed by atoms with Crippen LogP contribution in [0, 0.1) is 0 Å². The summed E-state index contributed by atoms with van der Waals surface area (Å²) in [6.07, 6.45) is 2.88. The summed E-state index contributed by atoms with van der Waals surface area (Å²) in [5, 5.41) is 3.84. The molecule has 0 saturated heterocycles. The molecule has 0 aliphatic heterocycles. The van der Waals surface area contributed by atoms with E-state index in [-0.39, 0.29) is 6.03 Å². The third-order valence-electron chi connectivity index (χ3n) is 2.39. The Labute approximate surface area is 101 Å². The van der Waals surface area contributed by atoms with Crippen LogP contribution in [0.1, 0.15) is 30.7 Å². The number of rotatable bonds is 5. The van der Waals surface area contributed by atoms with Gasteiger partial charge in [0.15, 0.2) is 0 Å². The van der Waals surface area contributed by atoms with Crippen molar-refractivity contribution >= 4 is 17.4 Å². The fraction of sp³-hybridized carbons (Fsp3) is 0.636. The van der Waals surface area contributed by atoms with Crippen molar-refractivity contribution in [1.29, 1.82) is 0 Å². The standard InChI is InChI=1S/C11H19N3OS/c1-4-9-7-12-10(16-9)8-13-11(15)14(5-2)6-3/h7H,4-6,8H2,1-3H3,(H,13,15). The molecule has 0 spiro atoms. The van der Waals surface area contributed by atoms with Crippen LogP contribution >= 0.6 is 11.3 Å². The summed E-state index contributed by atoms with van der Waals surface area (Å²) >= 11 is 1.66. The van der Waals surface area contributed by atoms with Gasteiger partial charge >= 0.3 is 6.03 Å². The van der Waals surface area contributed by atoms with E-state index in [0.29, 0.717) is 6.54 Å². The lowest BCUT2D eigenvalue weighted by atomic mass is 10.4. The van der Waals surface area contributed by atoms with Crippen LogP contribution in [0.2, 0.25) is 0 Å². The number of carbonyl (C=O) groups excluding carboxylic acids is 1. The number of hydrogen-bond donors (Lipinski definition) is 1. The fourth-order valence-electron chi connectivity index (χ4n) is 1.37. The van der Waals surface area contributed by atoms with Crippen LogP contribution in [0.15, 0.2) is 6.20 Å². The van der Waals surface area contributed by atoms with Crippen molar-refractivity contribution in [2.24, 2.45) is 0 Å². The average molecular weight is 241 g/mol. The van der Waals surface area contributed by atoms with Gasteiger partial charge in [-0.1, -0.05) is 6.92 Å². The molecule has 1 N–H and O–H groups in total. The third kappa shape index (κ3) is 3.48. The molecule has 1 rings (SSSR count). The highest BCUT2D eigenvalue weighted by atomic mass is 32.1. The molecule has 0 radical (unpaired) electrons. The van der Waals surface area contributed by atoms with Gasteiger partial charge in [0, 0.05) is 24.2 Å². The molecule has 0 fully saturated rings. The predicted octanol–water partition coefficient (Wildman–Crippen LogP) is 2.26. The molecule has 0 aliphatic rings. The highest BCUT2D eigenvalue weighted by Gasteiger charge is 2.09. The summed E-state index contributed by atoms with van der Waals surface area (Å²) in [6, 6.07) is -0.0155. The number of aryl methyl sites for hydroxylation is 1. The van der Waals surface area contributed by atoms with Gasteiger partial charge in [-0.05, 0) is 20.3 Å². The van der Waals surface area contributed by atoms with Crippen molar-refractivity contribution in [2.75, 3.05) is 13.1 Å². The van der Waals surface area contributed by atoms with E-state index in [4.69, 9.17) is 0 Å². The van der Waals surface area contributed by atoms with Crippen LogP contribution < -0.4 is 5.32 Å². The van der Waals surface area contributed by atoms with Gasteiger partial charge < -0.3 is 10.2 Å². The van der Waals surface area contributed by atoms with Gasteiger partial charge in [0.2, 0.25) is 0 Å². The van der Waals surface area contributed by atoms with E-state index in [0.717, 1.165) is 24.5 Å². The Bertz CT molecular complexity index is 334. The van der Waals surface area contributed by atoms with Gasteiger partial charge in [0.25, 0.3) is 0 Å². The Hall–Kier alpha value is -1.10. The Morgan fingerprint density at radius 3 is 2.62 bits per heavy atom. The zero-order chi connectivity index (χ0) is 12.0. The monoisotopic (exact) mass is 241 g/mol. The van der Waals surface area contributed by atoms with Crippen LogP contribution in [0.3, 0.4) is 0 Å². The van der Waals surface area contributed by atoms with E-state index in [9.17, 15) is 4.79 Å². The van der Waals surface area contributed by atoms with Crippen LogP contribution in [0.25, 0.3) is 0 Å². The van der Waals surface area contributed by atoms with E-state index >= 15 is 0 Å². The average Bonchev–Trinajstić information content (AvgIpc) is 2.76. The second-order valence-corrected chi connectivity index (χ2v) is 4.60. The zero-order valence-corrected chi connectivity index (χ0v) is 10.9. The van der Waals surface area contributed by atoms with Crippen molar-refractivity contribution in [3.05, 3.63) is 16.1 Å². The molecule has 0 aromatic carbocycles. The van der Waals surface area contributed by atoms with Crippen molar-refractivity contribution in [3.8, 4) is 0 Å². The van der Waals surface area contributed by atoms with Gasteiger partial charge in [0.05, 0.1) is 6.54 Å². The summed E-state index contributed by atoms with van der Waals surface area (Å²) in [7, 11) is 0. The Morgan fingerprint density at radius 1 is 1.44 bits per heavy atom. The molecular formula is C11H19N3OS. The summed E-state index contributed by atoms with van der Waals surface area (Å²) in [4.78, 5) is 18.9. The summed E-state index contributed by atoms with van der Waals surface area (Å²) in [5.41, 5.74) is 0. The van der Waals surface area contributed by atoms with E-state index in [2.05, 4.69) is 17.2 Å². The van der Waals surface area contributed by atoms with Crippen LogP contribution in [-0.4, -0.2) is 29.0 Å². The smallest absolute Gasteiger partial charge is 0.317 e. The molecule has 4 nitrogen and oxygen atoms in total. The van der Waals surface area contributed by atoms with Crippen molar-refractivity contribution in [2.45, 2.75) is 33.7 Å². The molecule has 90 valence electrons. The minimum Gasteiger partial charge on any atom is -0.331 e. The molecule has 1 heterocycles. The first-order valence-electron chi connectivity index (χ1n) is 5.67. The first kappa shape index (κ1) is 13.0. The second-order valence-electron chi connectivity index (χ2n) is 3.40. The fourth-order valence-corrected chi connectivity index (χ4v) is 2.17. The molecule has 0 aliphatic carbocycles. The van der Waals surface area contributed by atoms with E-state index in [1.54, 1.807) is 16.2 Å². The highest BCUT2D eigenvalue weighted by Crippen LogP contribution is 2.12. The Kier molecular flexibility index (Phi) is 5.25. The molecule has 0 unspecified atom stereocenters. The number of urea groups is 1. The van der Waals surface area contributed by atoms with Crippen molar-refractivity contribution in [1.82, 2.24) is 15.2 Å². The van der Waals surface area contributed by atoms with Gasteiger partial charge in [-0.15, -0.1) is 11.3 Å². The number of carbonyl (C=O) groups is 1. The van der Waals surface area contributed by atoms with Crippen LogP contribution in [0.5, 0.6) is 0 Å². The van der Waals surface area contributed by atoms with E-state index in [1.807, 2.05) is 20.0 Å². The minimum atomic E-state index is -0.0155. The van der Waals surface area contributed by atoms with E-state index < -0.39 is 0 Å². The zero-order valence-electron chi connectivity index (χ0n) is 10.1. The molecule has 5 heteroatoms. The van der Waals surface area contributed by atoms with Crippen molar-refractivity contribution in [3.63, 3.8) is 0 Å².